The second-order valence-corrected chi connectivity index (χ2v) is 7.73. The molecule has 7 nitrogen and oxygen atoms in total. The van der Waals surface area contributed by atoms with E-state index in [1.165, 1.54) is 5.56 Å². The summed E-state index contributed by atoms with van der Waals surface area (Å²) in [5.41, 5.74) is 1.28. The second kappa shape index (κ2) is 6.96. The molecule has 3 aliphatic heterocycles. The Morgan fingerprint density at radius 2 is 2.11 bits per heavy atom. The van der Waals surface area contributed by atoms with Crippen molar-refractivity contribution in [1.82, 2.24) is 19.7 Å². The van der Waals surface area contributed by atoms with Gasteiger partial charge in [0.1, 0.15) is 5.82 Å². The molecule has 7 heteroatoms. The summed E-state index contributed by atoms with van der Waals surface area (Å²) in [5.74, 6) is 2.06. The first-order chi connectivity index (χ1) is 13.3. The molecule has 2 fully saturated rings. The molecule has 2 aromatic rings. The highest BCUT2D eigenvalue weighted by atomic mass is 16.5. The quantitative estimate of drug-likeness (QED) is 0.886. The molecule has 4 heterocycles. The Morgan fingerprint density at radius 1 is 1.22 bits per heavy atom. The third-order valence-electron chi connectivity index (χ3n) is 6.15. The first-order valence-corrected chi connectivity index (χ1v) is 9.93. The van der Waals surface area contributed by atoms with Crippen molar-refractivity contribution in [2.45, 2.75) is 44.2 Å². The molecular weight excluding hydrogens is 342 g/mol. The summed E-state index contributed by atoms with van der Waals surface area (Å²) in [6.07, 6.45) is 4.08. The number of amides is 2. The van der Waals surface area contributed by atoms with Gasteiger partial charge in [-0.2, -0.15) is 4.98 Å². The monoisotopic (exact) mass is 367 g/mol. The van der Waals surface area contributed by atoms with Crippen molar-refractivity contribution in [1.29, 1.82) is 0 Å². The summed E-state index contributed by atoms with van der Waals surface area (Å²) < 4.78 is 7.67. The number of hydrogen-bond acceptors (Lipinski definition) is 4. The zero-order valence-electron chi connectivity index (χ0n) is 15.4. The molecule has 0 aliphatic carbocycles. The van der Waals surface area contributed by atoms with Crippen LogP contribution in [0, 0.1) is 5.92 Å². The van der Waals surface area contributed by atoms with Crippen LogP contribution in [0.2, 0.25) is 0 Å². The van der Waals surface area contributed by atoms with Crippen molar-refractivity contribution < 1.29 is 9.53 Å². The van der Waals surface area contributed by atoms with Gasteiger partial charge in [-0.05, 0) is 24.8 Å². The van der Waals surface area contributed by atoms with Gasteiger partial charge in [-0.15, -0.1) is 5.10 Å². The maximum Gasteiger partial charge on any atom is 0.324 e. The lowest BCUT2D eigenvalue weighted by Gasteiger charge is -2.32. The maximum atomic E-state index is 13.0. The van der Waals surface area contributed by atoms with Crippen LogP contribution in [-0.2, 0) is 17.7 Å². The molecule has 27 heavy (non-hydrogen) atoms. The Morgan fingerprint density at radius 3 is 2.96 bits per heavy atom. The number of nitrogens with zero attached hydrogens (tertiary/aromatic N) is 4. The molecule has 1 aromatic heterocycles. The van der Waals surface area contributed by atoms with Crippen molar-refractivity contribution in [3.05, 3.63) is 41.7 Å². The van der Waals surface area contributed by atoms with E-state index in [2.05, 4.69) is 39.7 Å². The highest BCUT2D eigenvalue weighted by molar-refractivity contribution is 5.88. The van der Waals surface area contributed by atoms with Gasteiger partial charge in [0.05, 0.1) is 6.61 Å². The maximum absolute atomic E-state index is 13.0. The Labute approximate surface area is 158 Å². The summed E-state index contributed by atoms with van der Waals surface area (Å²) in [6.45, 7) is 3.02. The molecule has 1 aromatic carbocycles. The van der Waals surface area contributed by atoms with Crippen LogP contribution in [0.1, 0.15) is 36.6 Å². The van der Waals surface area contributed by atoms with E-state index in [1.54, 1.807) is 0 Å². The van der Waals surface area contributed by atoms with Gasteiger partial charge in [-0.3, -0.25) is 5.32 Å². The Balaban J connectivity index is 1.35. The van der Waals surface area contributed by atoms with Crippen LogP contribution in [0.5, 0.6) is 0 Å². The number of nitrogens with one attached hydrogen (secondary N) is 1. The summed E-state index contributed by atoms with van der Waals surface area (Å²) >= 11 is 0. The fourth-order valence-electron chi connectivity index (χ4n) is 4.79. The van der Waals surface area contributed by atoms with E-state index >= 15 is 0 Å². The van der Waals surface area contributed by atoms with E-state index in [4.69, 9.17) is 4.74 Å². The third kappa shape index (κ3) is 3.10. The lowest BCUT2D eigenvalue weighted by atomic mass is 9.84. The summed E-state index contributed by atoms with van der Waals surface area (Å²) in [7, 11) is 0. The Hall–Kier alpha value is -2.41. The average molecular weight is 367 g/mol. The van der Waals surface area contributed by atoms with Crippen LogP contribution in [0.4, 0.5) is 10.7 Å². The molecule has 1 N–H and O–H groups in total. The number of carbonyl (C=O) groups is 1. The molecule has 0 bridgehead atoms. The number of ether oxygens (including phenoxy) is 1. The van der Waals surface area contributed by atoms with Crippen molar-refractivity contribution in [2.75, 3.05) is 25.1 Å². The van der Waals surface area contributed by atoms with Crippen LogP contribution in [-0.4, -0.2) is 51.5 Å². The molecule has 3 atom stereocenters. The van der Waals surface area contributed by atoms with Gasteiger partial charge in [0.15, 0.2) is 0 Å². The minimum absolute atomic E-state index is 0.0896. The summed E-state index contributed by atoms with van der Waals surface area (Å²) in [6, 6.07) is 10.6. The molecule has 3 aliphatic rings. The summed E-state index contributed by atoms with van der Waals surface area (Å²) in [4.78, 5) is 19.5. The second-order valence-electron chi connectivity index (χ2n) is 7.73. The molecule has 5 rings (SSSR count). The SMILES string of the molecule is O=C(Nc1nc2n(n1)CCCC2)N1CC(c2ccccc2)C2COCCC21. The minimum Gasteiger partial charge on any atom is -0.381 e. The van der Waals surface area contributed by atoms with E-state index in [0.29, 0.717) is 37.5 Å². The smallest absolute Gasteiger partial charge is 0.324 e. The molecule has 2 amide bonds. The van der Waals surface area contributed by atoms with E-state index < -0.39 is 0 Å². The number of benzene rings is 1. The molecule has 0 spiro atoms. The fraction of sp³-hybridized carbons (Fsp3) is 0.550. The topological polar surface area (TPSA) is 72.3 Å². The molecule has 3 unspecified atom stereocenters. The van der Waals surface area contributed by atoms with Gasteiger partial charge < -0.3 is 9.64 Å². The van der Waals surface area contributed by atoms with E-state index in [-0.39, 0.29) is 12.1 Å². The van der Waals surface area contributed by atoms with Gasteiger partial charge in [-0.1, -0.05) is 30.3 Å². The minimum atomic E-state index is -0.0896. The first kappa shape index (κ1) is 16.7. The predicted molar refractivity (Wildman–Crippen MR) is 101 cm³/mol. The Bertz CT molecular complexity index is 798. The average Bonchev–Trinajstić information content (AvgIpc) is 3.29. The van der Waals surface area contributed by atoms with E-state index in [0.717, 1.165) is 38.1 Å². The van der Waals surface area contributed by atoms with Crippen LogP contribution in [0.15, 0.2) is 30.3 Å². The van der Waals surface area contributed by atoms with Crippen molar-refractivity contribution in [2.24, 2.45) is 5.92 Å². The number of hydrogen-bond donors (Lipinski definition) is 1. The van der Waals surface area contributed by atoms with Gasteiger partial charge >= 0.3 is 6.03 Å². The van der Waals surface area contributed by atoms with Crippen molar-refractivity contribution in [3.63, 3.8) is 0 Å². The highest BCUT2D eigenvalue weighted by Gasteiger charge is 2.46. The number of rotatable bonds is 2. The van der Waals surface area contributed by atoms with Gasteiger partial charge in [-0.25, -0.2) is 9.48 Å². The van der Waals surface area contributed by atoms with Crippen LogP contribution in [0.25, 0.3) is 0 Å². The number of urea groups is 1. The normalized spacial score (nSPS) is 27.1. The van der Waals surface area contributed by atoms with Crippen molar-refractivity contribution >= 4 is 12.0 Å². The van der Waals surface area contributed by atoms with Crippen molar-refractivity contribution in [3.8, 4) is 0 Å². The van der Waals surface area contributed by atoms with Crippen LogP contribution >= 0.6 is 0 Å². The Kier molecular flexibility index (Phi) is 4.32. The molecule has 0 radical (unpaired) electrons. The molecule has 142 valence electrons. The van der Waals surface area contributed by atoms with Gasteiger partial charge in [0.25, 0.3) is 0 Å². The third-order valence-corrected chi connectivity index (χ3v) is 6.15. The largest absolute Gasteiger partial charge is 0.381 e. The number of fused-ring (bicyclic) bond motifs is 2. The standard InChI is InChI=1S/C20H25N5O2/c26-20(22-19-21-18-8-4-5-10-25(18)23-19)24-12-15(14-6-2-1-3-7-14)16-13-27-11-9-17(16)24/h1-3,6-7,15-17H,4-5,8-13H2,(H,22,23,26). The number of anilines is 1. The lowest BCUT2D eigenvalue weighted by molar-refractivity contribution is 0.0272. The molecule has 2 saturated heterocycles. The number of aryl methyl sites for hydroxylation is 2. The number of carbonyl (C=O) groups excluding carboxylic acids is 1. The number of likely N-dealkylation sites (tertiary alicyclic amines) is 1. The summed E-state index contributed by atoms with van der Waals surface area (Å²) in [5, 5.41) is 7.41. The zero-order valence-corrected chi connectivity index (χ0v) is 15.4. The van der Waals surface area contributed by atoms with Crippen LogP contribution < -0.4 is 5.32 Å². The van der Waals surface area contributed by atoms with Gasteiger partial charge in [0.2, 0.25) is 5.95 Å². The van der Waals surface area contributed by atoms with Crippen LogP contribution in [0.3, 0.4) is 0 Å². The van der Waals surface area contributed by atoms with E-state index in [1.807, 2.05) is 15.6 Å². The highest BCUT2D eigenvalue weighted by Crippen LogP contribution is 2.41. The predicted octanol–water partition coefficient (Wildman–Crippen LogP) is 2.65. The first-order valence-electron chi connectivity index (χ1n) is 9.93. The fourth-order valence-corrected chi connectivity index (χ4v) is 4.79. The lowest BCUT2D eigenvalue weighted by Crippen LogP contribution is -2.44. The van der Waals surface area contributed by atoms with E-state index in [9.17, 15) is 4.79 Å². The molecule has 0 saturated carbocycles. The zero-order chi connectivity index (χ0) is 18.2. The number of aromatic nitrogens is 3. The van der Waals surface area contributed by atoms with Gasteiger partial charge in [0, 0.05) is 44.0 Å². The molecular formula is C20H25N5O2.